The minimum Gasteiger partial charge on any atom is -0.299 e. The topological polar surface area (TPSA) is 64.8 Å². The van der Waals surface area contributed by atoms with Gasteiger partial charge < -0.3 is 0 Å². The van der Waals surface area contributed by atoms with Crippen LogP contribution in [0.5, 0.6) is 0 Å². The highest BCUT2D eigenvalue weighted by Gasteiger charge is 2.06. The van der Waals surface area contributed by atoms with Crippen molar-refractivity contribution in [1.29, 1.82) is 0 Å². The molecule has 5 heteroatoms. The Morgan fingerprint density at radius 2 is 1.91 bits per heavy atom. The number of aromatic nitrogens is 3. The molecule has 0 radical (unpaired) electrons. The van der Waals surface area contributed by atoms with Crippen LogP contribution in [0.2, 0.25) is 0 Å². The SMILES string of the molecule is CC(=O)CC(=O)n1cnnc1. The largest absolute Gasteiger partial charge is 0.299 e. The molecule has 0 saturated heterocycles. The number of rotatable bonds is 2. The molecule has 0 bridgehead atoms. The minimum absolute atomic E-state index is 0.0992. The Kier molecular flexibility index (Phi) is 2.10. The summed E-state index contributed by atoms with van der Waals surface area (Å²) in [6.07, 6.45) is 2.44. The Morgan fingerprint density at radius 1 is 1.36 bits per heavy atom. The van der Waals surface area contributed by atoms with Crippen LogP contribution in [0.3, 0.4) is 0 Å². The molecular formula is C6H7N3O2. The van der Waals surface area contributed by atoms with E-state index in [1.807, 2.05) is 0 Å². The molecular weight excluding hydrogens is 146 g/mol. The third-order valence-electron chi connectivity index (χ3n) is 1.11. The van der Waals surface area contributed by atoms with Crippen LogP contribution in [0.4, 0.5) is 0 Å². The zero-order valence-electron chi connectivity index (χ0n) is 6.02. The van der Waals surface area contributed by atoms with Crippen LogP contribution < -0.4 is 0 Å². The van der Waals surface area contributed by atoms with Crippen LogP contribution in [-0.2, 0) is 4.79 Å². The van der Waals surface area contributed by atoms with Crippen molar-refractivity contribution in [3.05, 3.63) is 12.7 Å². The Hall–Kier alpha value is -1.52. The molecule has 0 amide bonds. The Labute approximate surface area is 63.0 Å². The maximum atomic E-state index is 11.0. The van der Waals surface area contributed by atoms with Crippen LogP contribution in [0, 0.1) is 0 Å². The first-order valence-electron chi connectivity index (χ1n) is 3.07. The molecule has 0 atom stereocenters. The second kappa shape index (κ2) is 3.05. The van der Waals surface area contributed by atoms with Gasteiger partial charge in [0.05, 0.1) is 6.42 Å². The van der Waals surface area contributed by atoms with E-state index in [0.29, 0.717) is 0 Å². The van der Waals surface area contributed by atoms with E-state index >= 15 is 0 Å². The fraction of sp³-hybridized carbons (Fsp3) is 0.333. The van der Waals surface area contributed by atoms with Gasteiger partial charge in [-0.25, -0.2) is 0 Å². The zero-order valence-corrected chi connectivity index (χ0v) is 6.02. The van der Waals surface area contributed by atoms with Crippen molar-refractivity contribution in [2.45, 2.75) is 13.3 Å². The van der Waals surface area contributed by atoms with E-state index in [-0.39, 0.29) is 18.1 Å². The molecule has 1 heterocycles. The number of hydrogen-bond acceptors (Lipinski definition) is 4. The Morgan fingerprint density at radius 3 is 2.36 bits per heavy atom. The maximum absolute atomic E-state index is 11.0. The van der Waals surface area contributed by atoms with Gasteiger partial charge >= 0.3 is 0 Å². The number of nitrogens with zero attached hydrogens (tertiary/aromatic N) is 3. The molecule has 0 unspecified atom stereocenters. The highest BCUT2D eigenvalue weighted by molar-refractivity contribution is 5.97. The van der Waals surface area contributed by atoms with Gasteiger partial charge in [-0.1, -0.05) is 0 Å². The van der Waals surface area contributed by atoms with E-state index in [2.05, 4.69) is 10.2 Å². The van der Waals surface area contributed by atoms with Crippen LogP contribution >= 0.6 is 0 Å². The molecule has 0 aliphatic rings. The molecule has 0 spiro atoms. The number of Topliss-reactive ketones (excluding diaryl/α,β-unsaturated/α-hetero) is 1. The highest BCUT2D eigenvalue weighted by Crippen LogP contribution is 1.89. The van der Waals surface area contributed by atoms with E-state index in [1.54, 1.807) is 0 Å². The lowest BCUT2D eigenvalue weighted by Gasteiger charge is -1.94. The zero-order chi connectivity index (χ0) is 8.27. The number of hydrogen-bond donors (Lipinski definition) is 0. The summed E-state index contributed by atoms with van der Waals surface area (Å²) in [7, 11) is 0. The number of carbonyl (C=O) groups excluding carboxylic acids is 2. The summed E-state index contributed by atoms with van der Waals surface area (Å²) in [5, 5.41) is 6.86. The van der Waals surface area contributed by atoms with Crippen molar-refractivity contribution in [2.75, 3.05) is 0 Å². The third-order valence-corrected chi connectivity index (χ3v) is 1.11. The summed E-state index contributed by atoms with van der Waals surface area (Å²) in [6.45, 7) is 1.36. The average molecular weight is 153 g/mol. The summed E-state index contributed by atoms with van der Waals surface area (Å²) in [4.78, 5) is 21.5. The van der Waals surface area contributed by atoms with Gasteiger partial charge in [0.1, 0.15) is 18.4 Å². The lowest BCUT2D eigenvalue weighted by Crippen LogP contribution is -2.11. The minimum atomic E-state index is -0.303. The van der Waals surface area contributed by atoms with Gasteiger partial charge in [-0.05, 0) is 6.92 Å². The van der Waals surface area contributed by atoms with Crippen LogP contribution in [-0.4, -0.2) is 26.5 Å². The van der Waals surface area contributed by atoms with Crippen molar-refractivity contribution < 1.29 is 9.59 Å². The Balaban J connectivity index is 2.64. The summed E-state index contributed by atoms with van der Waals surface area (Å²) in [5.74, 6) is -0.466. The number of ketones is 1. The summed E-state index contributed by atoms with van der Waals surface area (Å²) in [5.41, 5.74) is 0. The van der Waals surface area contributed by atoms with Crippen molar-refractivity contribution >= 4 is 11.7 Å². The predicted molar refractivity (Wildman–Crippen MR) is 35.9 cm³/mol. The fourth-order valence-electron chi connectivity index (χ4n) is 0.634. The van der Waals surface area contributed by atoms with Gasteiger partial charge in [0, 0.05) is 0 Å². The first kappa shape index (κ1) is 7.59. The molecule has 0 aliphatic heterocycles. The standard InChI is InChI=1S/C6H7N3O2/c1-5(10)2-6(11)9-3-7-8-4-9/h3-4H,2H2,1H3. The maximum Gasteiger partial charge on any atom is 0.240 e. The van der Waals surface area contributed by atoms with Gasteiger partial charge in [-0.15, -0.1) is 10.2 Å². The van der Waals surface area contributed by atoms with Gasteiger partial charge in [0.25, 0.3) is 0 Å². The highest BCUT2D eigenvalue weighted by atomic mass is 16.2. The molecule has 1 rings (SSSR count). The van der Waals surface area contributed by atoms with Crippen molar-refractivity contribution in [3.8, 4) is 0 Å². The monoisotopic (exact) mass is 153 g/mol. The third kappa shape index (κ3) is 1.96. The van der Waals surface area contributed by atoms with Crippen LogP contribution in [0.25, 0.3) is 0 Å². The van der Waals surface area contributed by atoms with E-state index in [0.717, 1.165) is 0 Å². The van der Waals surface area contributed by atoms with Crippen LogP contribution in [0.15, 0.2) is 12.7 Å². The van der Waals surface area contributed by atoms with Gasteiger partial charge in [-0.2, -0.15) is 0 Å². The van der Waals surface area contributed by atoms with Gasteiger partial charge in [0.15, 0.2) is 0 Å². The van der Waals surface area contributed by atoms with Crippen LogP contribution in [0.1, 0.15) is 18.1 Å². The molecule has 0 aromatic carbocycles. The summed E-state index contributed by atoms with van der Waals surface area (Å²) < 4.78 is 1.18. The van der Waals surface area contributed by atoms with E-state index in [1.165, 1.54) is 24.1 Å². The average Bonchev–Trinajstić information content (AvgIpc) is 2.35. The molecule has 5 nitrogen and oxygen atoms in total. The van der Waals surface area contributed by atoms with Gasteiger partial charge in [0.2, 0.25) is 5.91 Å². The number of carbonyl (C=O) groups is 2. The van der Waals surface area contributed by atoms with Crippen molar-refractivity contribution in [2.24, 2.45) is 0 Å². The molecule has 0 fully saturated rings. The van der Waals surface area contributed by atoms with Gasteiger partial charge in [-0.3, -0.25) is 14.2 Å². The normalized spacial score (nSPS) is 9.55. The second-order valence-corrected chi connectivity index (χ2v) is 2.14. The molecule has 0 saturated carbocycles. The molecule has 1 aromatic heterocycles. The molecule has 58 valence electrons. The molecule has 1 aromatic rings. The second-order valence-electron chi connectivity index (χ2n) is 2.14. The first-order valence-corrected chi connectivity index (χ1v) is 3.07. The lowest BCUT2D eigenvalue weighted by molar-refractivity contribution is -0.116. The fourth-order valence-corrected chi connectivity index (χ4v) is 0.634. The van der Waals surface area contributed by atoms with E-state index in [4.69, 9.17) is 0 Å². The molecule has 11 heavy (non-hydrogen) atoms. The van der Waals surface area contributed by atoms with E-state index < -0.39 is 0 Å². The quantitative estimate of drug-likeness (QED) is 0.556. The Bertz CT molecular complexity index is 265. The predicted octanol–water partition coefficient (Wildman–Crippen LogP) is -0.103. The van der Waals surface area contributed by atoms with Crippen molar-refractivity contribution in [3.63, 3.8) is 0 Å². The smallest absolute Gasteiger partial charge is 0.240 e. The first-order chi connectivity index (χ1) is 5.20. The molecule has 0 N–H and O–H groups in total. The summed E-state index contributed by atoms with van der Waals surface area (Å²) in [6, 6.07) is 0. The lowest BCUT2D eigenvalue weighted by atomic mass is 10.3. The summed E-state index contributed by atoms with van der Waals surface area (Å²) >= 11 is 0. The molecule has 0 aliphatic carbocycles. The van der Waals surface area contributed by atoms with Crippen molar-refractivity contribution in [1.82, 2.24) is 14.8 Å². The van der Waals surface area contributed by atoms with E-state index in [9.17, 15) is 9.59 Å².